The molecule has 5 nitrogen and oxygen atoms in total. The van der Waals surface area contributed by atoms with Crippen molar-refractivity contribution in [3.05, 3.63) is 76.8 Å². The van der Waals surface area contributed by atoms with E-state index in [1.165, 1.54) is 0 Å². The number of pyridine rings is 1. The van der Waals surface area contributed by atoms with Crippen LogP contribution in [-0.2, 0) is 4.74 Å². The van der Waals surface area contributed by atoms with E-state index >= 15 is 0 Å². The zero-order chi connectivity index (χ0) is 20.4. The normalized spacial score (nSPS) is 18.9. The molecule has 0 amide bonds. The molecular formula is C22H22ClN3O2S. The summed E-state index contributed by atoms with van der Waals surface area (Å²) in [4.78, 5) is 6.64. The molecule has 1 aromatic carbocycles. The van der Waals surface area contributed by atoms with E-state index in [9.17, 15) is 0 Å². The molecule has 4 rings (SSSR count). The molecule has 3 aromatic rings. The summed E-state index contributed by atoms with van der Waals surface area (Å²) in [6.07, 6.45) is 1.79. The molecule has 2 atom stereocenters. The highest BCUT2D eigenvalue weighted by atomic mass is 35.5. The number of hydrogen-bond donors (Lipinski definition) is 1. The molecule has 1 fully saturated rings. The van der Waals surface area contributed by atoms with Crippen molar-refractivity contribution in [3.63, 3.8) is 0 Å². The summed E-state index contributed by atoms with van der Waals surface area (Å²) in [5, 5.41) is 4.79. The first kappa shape index (κ1) is 19.9. The lowest BCUT2D eigenvalue weighted by Crippen LogP contribution is -2.32. The van der Waals surface area contributed by atoms with Gasteiger partial charge in [-0.3, -0.25) is 4.98 Å². The van der Waals surface area contributed by atoms with Crippen LogP contribution in [0.2, 0.25) is 5.02 Å². The van der Waals surface area contributed by atoms with Crippen molar-refractivity contribution < 1.29 is 9.15 Å². The topological polar surface area (TPSA) is 50.5 Å². The fraction of sp³-hybridized carbons (Fsp3) is 0.273. The van der Waals surface area contributed by atoms with Crippen LogP contribution in [0.4, 0.5) is 0 Å². The van der Waals surface area contributed by atoms with Gasteiger partial charge in [0.1, 0.15) is 17.6 Å². The van der Waals surface area contributed by atoms with Crippen LogP contribution in [-0.4, -0.2) is 35.3 Å². The first-order chi connectivity index (χ1) is 14.1. The van der Waals surface area contributed by atoms with E-state index in [1.807, 2.05) is 55.5 Å². The van der Waals surface area contributed by atoms with Crippen molar-refractivity contribution in [3.8, 4) is 11.3 Å². The maximum absolute atomic E-state index is 6.33. The lowest BCUT2D eigenvalue weighted by molar-refractivity contribution is 0.158. The number of nitrogens with zero attached hydrogens (tertiary/aromatic N) is 2. The Morgan fingerprint density at radius 2 is 2.07 bits per heavy atom. The first-order valence-corrected chi connectivity index (χ1v) is 10.2. The van der Waals surface area contributed by atoms with Crippen LogP contribution in [0, 0.1) is 6.92 Å². The predicted molar refractivity (Wildman–Crippen MR) is 118 cm³/mol. The third-order valence-electron chi connectivity index (χ3n) is 5.19. The summed E-state index contributed by atoms with van der Waals surface area (Å²) in [6, 6.07) is 15.5. The standard InChI is InChI=1S/C22H22ClN3O2S/c1-14-15(6-5-7-16(14)23)18-9-10-19(28-18)21-20(17-8-3-4-11-24-17)25-22(29)26(21)12-13-27-2/h3-11,20-21H,12-13H2,1-2H3,(H,25,29)/t20-,21-/m0/s1. The lowest BCUT2D eigenvalue weighted by atomic mass is 10.0. The van der Waals surface area contributed by atoms with Crippen molar-refractivity contribution in [2.24, 2.45) is 0 Å². The van der Waals surface area contributed by atoms with Gasteiger partial charge >= 0.3 is 0 Å². The molecule has 1 aliphatic rings. The van der Waals surface area contributed by atoms with E-state index in [1.54, 1.807) is 13.3 Å². The molecule has 0 unspecified atom stereocenters. The second-order valence-electron chi connectivity index (χ2n) is 6.93. The lowest BCUT2D eigenvalue weighted by Gasteiger charge is -2.25. The monoisotopic (exact) mass is 427 g/mol. The molecule has 1 aliphatic heterocycles. The van der Waals surface area contributed by atoms with Crippen LogP contribution >= 0.6 is 23.8 Å². The summed E-state index contributed by atoms with van der Waals surface area (Å²) in [6.45, 7) is 3.21. The summed E-state index contributed by atoms with van der Waals surface area (Å²) in [5.74, 6) is 1.60. The van der Waals surface area contributed by atoms with E-state index in [-0.39, 0.29) is 12.1 Å². The van der Waals surface area contributed by atoms with E-state index in [4.69, 9.17) is 33.0 Å². The molecular weight excluding hydrogens is 406 g/mol. The summed E-state index contributed by atoms with van der Waals surface area (Å²) >= 11 is 11.9. The highest BCUT2D eigenvalue weighted by Crippen LogP contribution is 2.40. The van der Waals surface area contributed by atoms with Crippen LogP contribution in [0.25, 0.3) is 11.3 Å². The molecule has 1 saturated heterocycles. The predicted octanol–water partition coefficient (Wildman–Crippen LogP) is 4.92. The largest absolute Gasteiger partial charge is 0.459 e. The Labute approximate surface area is 180 Å². The molecule has 0 saturated carbocycles. The van der Waals surface area contributed by atoms with Crippen LogP contribution < -0.4 is 5.32 Å². The minimum absolute atomic E-state index is 0.111. The van der Waals surface area contributed by atoms with Gasteiger partial charge in [0, 0.05) is 30.4 Å². The van der Waals surface area contributed by atoms with Gasteiger partial charge in [-0.05, 0) is 55.0 Å². The summed E-state index contributed by atoms with van der Waals surface area (Å²) < 4.78 is 11.6. The highest BCUT2D eigenvalue weighted by molar-refractivity contribution is 7.80. The smallest absolute Gasteiger partial charge is 0.170 e. The molecule has 0 spiro atoms. The van der Waals surface area contributed by atoms with Gasteiger partial charge in [0.25, 0.3) is 0 Å². The highest BCUT2D eigenvalue weighted by Gasteiger charge is 2.41. The fourth-order valence-electron chi connectivity index (χ4n) is 3.68. The molecule has 0 aliphatic carbocycles. The number of furan rings is 1. The number of thiocarbonyl (C=S) groups is 1. The molecule has 2 aromatic heterocycles. The van der Waals surface area contributed by atoms with Gasteiger partial charge in [0.2, 0.25) is 0 Å². The minimum Gasteiger partial charge on any atom is -0.459 e. The first-order valence-electron chi connectivity index (χ1n) is 9.42. The van der Waals surface area contributed by atoms with Crippen LogP contribution in [0.1, 0.15) is 29.1 Å². The Kier molecular flexibility index (Phi) is 5.85. The minimum atomic E-state index is -0.124. The SMILES string of the molecule is COCCN1C(=S)N[C@@H](c2ccccn2)[C@@H]1c1ccc(-c2cccc(Cl)c2C)o1. The van der Waals surface area contributed by atoms with E-state index < -0.39 is 0 Å². The van der Waals surface area contributed by atoms with Gasteiger partial charge in [-0.15, -0.1) is 0 Å². The number of nitrogens with one attached hydrogen (secondary N) is 1. The maximum Gasteiger partial charge on any atom is 0.170 e. The number of ether oxygens (including phenoxy) is 1. The Hall–Kier alpha value is -2.41. The second-order valence-corrected chi connectivity index (χ2v) is 7.72. The zero-order valence-corrected chi connectivity index (χ0v) is 17.8. The molecule has 0 radical (unpaired) electrons. The number of hydrogen-bond acceptors (Lipinski definition) is 4. The summed E-state index contributed by atoms with van der Waals surface area (Å²) in [7, 11) is 1.69. The molecule has 29 heavy (non-hydrogen) atoms. The van der Waals surface area contributed by atoms with Crippen LogP contribution in [0.5, 0.6) is 0 Å². The van der Waals surface area contributed by atoms with Crippen molar-refractivity contribution in [2.45, 2.75) is 19.0 Å². The Balaban J connectivity index is 1.73. The second kappa shape index (κ2) is 8.53. The Morgan fingerprint density at radius 1 is 1.21 bits per heavy atom. The Bertz CT molecular complexity index is 1010. The fourth-order valence-corrected chi connectivity index (χ4v) is 4.18. The van der Waals surface area contributed by atoms with E-state index in [2.05, 4.69) is 15.2 Å². The summed E-state index contributed by atoms with van der Waals surface area (Å²) in [5.41, 5.74) is 2.89. The van der Waals surface area contributed by atoms with Crippen molar-refractivity contribution in [1.29, 1.82) is 0 Å². The molecule has 150 valence electrons. The van der Waals surface area contributed by atoms with Crippen LogP contribution in [0.15, 0.2) is 59.1 Å². The van der Waals surface area contributed by atoms with Crippen molar-refractivity contribution in [2.75, 3.05) is 20.3 Å². The third kappa shape index (κ3) is 3.88. The molecule has 0 bridgehead atoms. The van der Waals surface area contributed by atoms with Crippen molar-refractivity contribution in [1.82, 2.24) is 15.2 Å². The molecule has 1 N–H and O–H groups in total. The van der Waals surface area contributed by atoms with Gasteiger partial charge < -0.3 is 19.4 Å². The number of aromatic nitrogens is 1. The van der Waals surface area contributed by atoms with Gasteiger partial charge in [-0.2, -0.15) is 0 Å². The molecule has 3 heterocycles. The third-order valence-corrected chi connectivity index (χ3v) is 5.95. The average molecular weight is 428 g/mol. The van der Waals surface area contributed by atoms with E-state index in [0.29, 0.717) is 18.3 Å². The number of halogens is 1. The van der Waals surface area contributed by atoms with Gasteiger partial charge in [-0.25, -0.2) is 0 Å². The maximum atomic E-state index is 6.33. The van der Waals surface area contributed by atoms with Crippen LogP contribution in [0.3, 0.4) is 0 Å². The average Bonchev–Trinajstić information content (AvgIpc) is 3.33. The number of methoxy groups -OCH3 is 1. The van der Waals surface area contributed by atoms with Gasteiger partial charge in [0.15, 0.2) is 5.11 Å². The van der Waals surface area contributed by atoms with E-state index in [0.717, 1.165) is 33.4 Å². The van der Waals surface area contributed by atoms with Gasteiger partial charge in [0.05, 0.1) is 18.3 Å². The zero-order valence-electron chi connectivity index (χ0n) is 16.3. The van der Waals surface area contributed by atoms with Crippen molar-refractivity contribution >= 4 is 28.9 Å². The Morgan fingerprint density at radius 3 is 2.83 bits per heavy atom. The number of rotatable bonds is 6. The number of benzene rings is 1. The quantitative estimate of drug-likeness (QED) is 0.563. The van der Waals surface area contributed by atoms with Gasteiger partial charge in [-0.1, -0.05) is 29.8 Å². The molecule has 7 heteroatoms.